The van der Waals surface area contributed by atoms with Crippen molar-refractivity contribution in [3.05, 3.63) is 0 Å². The van der Waals surface area contributed by atoms with Gasteiger partial charge in [-0.05, 0) is 12.8 Å². The average Bonchev–Trinajstić information content (AvgIpc) is 2.20. The van der Waals surface area contributed by atoms with E-state index in [1.54, 1.807) is 0 Å². The Morgan fingerprint density at radius 1 is 1.41 bits per heavy atom. The summed E-state index contributed by atoms with van der Waals surface area (Å²) in [6.07, 6.45) is 2.16. The summed E-state index contributed by atoms with van der Waals surface area (Å²) in [5.41, 5.74) is 0. The van der Waals surface area contributed by atoms with Crippen LogP contribution in [0, 0.1) is 0 Å². The van der Waals surface area contributed by atoms with Gasteiger partial charge in [0.25, 0.3) is 0 Å². The van der Waals surface area contributed by atoms with Crippen molar-refractivity contribution in [2.45, 2.75) is 69.3 Å². The second-order valence-corrected chi connectivity index (χ2v) is 7.57. The molecule has 4 heteroatoms. The molecule has 0 unspecified atom stereocenters. The van der Waals surface area contributed by atoms with Crippen molar-refractivity contribution in [1.29, 1.82) is 0 Å². The highest BCUT2D eigenvalue weighted by molar-refractivity contribution is 8.01. The molecule has 102 valence electrons. The van der Waals surface area contributed by atoms with Crippen molar-refractivity contribution in [1.82, 2.24) is 0 Å². The van der Waals surface area contributed by atoms with Crippen LogP contribution in [-0.4, -0.2) is 40.7 Å². The van der Waals surface area contributed by atoms with Gasteiger partial charge in [-0.3, -0.25) is 0 Å². The van der Waals surface area contributed by atoms with Crippen molar-refractivity contribution >= 4 is 11.8 Å². The van der Waals surface area contributed by atoms with Gasteiger partial charge in [0.2, 0.25) is 0 Å². The molecule has 0 aromatic carbocycles. The minimum atomic E-state index is -0.763. The minimum Gasteiger partial charge on any atom is -0.372 e. The maximum Gasteiger partial charge on any atom is 0.182 e. The van der Waals surface area contributed by atoms with Gasteiger partial charge in [-0.1, -0.05) is 34.1 Å². The van der Waals surface area contributed by atoms with Gasteiger partial charge in [0.05, 0.1) is 6.61 Å². The highest BCUT2D eigenvalue weighted by Crippen LogP contribution is 2.36. The third-order valence-corrected chi connectivity index (χ3v) is 4.17. The van der Waals surface area contributed by atoms with Crippen LogP contribution in [0.15, 0.2) is 0 Å². The molecule has 0 saturated carbocycles. The van der Waals surface area contributed by atoms with Gasteiger partial charge in [-0.2, -0.15) is 0 Å². The molecule has 3 nitrogen and oxygen atoms in total. The lowest BCUT2D eigenvalue weighted by Gasteiger charge is -2.37. The molecular formula is C13H26O3S. The topological polar surface area (TPSA) is 38.7 Å². The summed E-state index contributed by atoms with van der Waals surface area (Å²) in [5, 5.41) is 10.2. The second-order valence-electron chi connectivity index (χ2n) is 5.51. The molecule has 0 aromatic rings. The fraction of sp³-hybridized carbons (Fsp3) is 1.00. The normalized spacial score (nSPS) is 30.5. The highest BCUT2D eigenvalue weighted by Gasteiger charge is 2.36. The molecule has 0 aliphatic carbocycles. The largest absolute Gasteiger partial charge is 0.372 e. The van der Waals surface area contributed by atoms with E-state index in [-0.39, 0.29) is 10.9 Å². The van der Waals surface area contributed by atoms with Gasteiger partial charge in [0.15, 0.2) is 6.29 Å². The molecule has 3 atom stereocenters. The number of thioether (sulfide) groups is 1. The van der Waals surface area contributed by atoms with Crippen LogP contribution >= 0.6 is 11.8 Å². The molecular weight excluding hydrogens is 236 g/mol. The second kappa shape index (κ2) is 6.98. The van der Waals surface area contributed by atoms with Gasteiger partial charge in [0, 0.05) is 16.6 Å². The molecule has 1 heterocycles. The van der Waals surface area contributed by atoms with Crippen LogP contribution in [0.25, 0.3) is 0 Å². The van der Waals surface area contributed by atoms with Crippen LogP contribution < -0.4 is 0 Å². The van der Waals surface area contributed by atoms with Crippen molar-refractivity contribution < 1.29 is 14.6 Å². The molecule has 0 bridgehead atoms. The molecule has 1 N–H and O–H groups in total. The Hall–Kier alpha value is 0.230. The Morgan fingerprint density at radius 2 is 2.12 bits per heavy atom. The number of unbranched alkanes of at least 4 members (excludes halogenated alkanes) is 1. The fourth-order valence-electron chi connectivity index (χ4n) is 1.88. The fourth-order valence-corrected chi connectivity index (χ4v) is 3.35. The molecule has 1 rings (SSSR count). The minimum absolute atomic E-state index is 0.181. The summed E-state index contributed by atoms with van der Waals surface area (Å²) < 4.78 is 11.3. The van der Waals surface area contributed by atoms with E-state index < -0.39 is 6.29 Å². The molecule has 0 radical (unpaired) electrons. The molecule has 1 saturated heterocycles. The predicted molar refractivity (Wildman–Crippen MR) is 72.4 cm³/mol. The first-order valence-electron chi connectivity index (χ1n) is 6.53. The van der Waals surface area contributed by atoms with E-state index in [2.05, 4.69) is 27.7 Å². The molecule has 0 spiro atoms. The van der Waals surface area contributed by atoms with Crippen LogP contribution in [0.1, 0.15) is 47.0 Å². The van der Waals surface area contributed by atoms with Crippen molar-refractivity contribution in [3.8, 4) is 0 Å². The maximum absolute atomic E-state index is 9.87. The summed E-state index contributed by atoms with van der Waals surface area (Å²) in [5.74, 6) is 0. The lowest BCUT2D eigenvalue weighted by atomic mass is 10.1. The van der Waals surface area contributed by atoms with Crippen LogP contribution in [0.2, 0.25) is 0 Å². The standard InChI is InChI=1S/C13H26O3S/c1-5-6-8-15-11-10(17-13(2,3)4)7-9-16-12(11)14/h10-12,14H,5-9H2,1-4H3/t10-,11+,12+/m0/s1. The van der Waals surface area contributed by atoms with Gasteiger partial charge in [0.1, 0.15) is 6.10 Å². The first kappa shape index (κ1) is 15.3. The number of hydrogen-bond donors (Lipinski definition) is 1. The van der Waals surface area contributed by atoms with Gasteiger partial charge in [-0.25, -0.2) is 0 Å². The SMILES string of the molecule is CCCCO[C@H]1[C@H](O)OCC[C@@H]1SC(C)(C)C. The van der Waals surface area contributed by atoms with Crippen LogP contribution in [0.4, 0.5) is 0 Å². The Balaban J connectivity index is 2.51. The quantitative estimate of drug-likeness (QED) is 0.773. The summed E-state index contributed by atoms with van der Waals surface area (Å²) >= 11 is 1.88. The number of aliphatic hydroxyl groups is 1. The number of ether oxygens (including phenoxy) is 2. The van der Waals surface area contributed by atoms with E-state index >= 15 is 0 Å². The smallest absolute Gasteiger partial charge is 0.182 e. The van der Waals surface area contributed by atoms with Crippen molar-refractivity contribution in [2.75, 3.05) is 13.2 Å². The predicted octanol–water partition coefficient (Wildman–Crippen LogP) is 2.81. The summed E-state index contributed by atoms with van der Waals surface area (Å²) in [7, 11) is 0. The molecule has 1 fully saturated rings. The van der Waals surface area contributed by atoms with Crippen molar-refractivity contribution in [2.24, 2.45) is 0 Å². The van der Waals surface area contributed by atoms with Crippen molar-refractivity contribution in [3.63, 3.8) is 0 Å². The van der Waals surface area contributed by atoms with E-state index in [9.17, 15) is 5.11 Å². The van der Waals surface area contributed by atoms with Crippen LogP contribution in [0.3, 0.4) is 0 Å². The van der Waals surface area contributed by atoms with E-state index in [4.69, 9.17) is 9.47 Å². The number of aliphatic hydroxyl groups excluding tert-OH is 1. The zero-order valence-corrected chi connectivity index (χ0v) is 12.3. The monoisotopic (exact) mass is 262 g/mol. The van der Waals surface area contributed by atoms with E-state index in [1.165, 1.54) is 0 Å². The number of hydrogen-bond acceptors (Lipinski definition) is 4. The maximum atomic E-state index is 9.87. The number of rotatable bonds is 5. The lowest BCUT2D eigenvalue weighted by Crippen LogP contribution is -2.46. The first-order chi connectivity index (χ1) is 7.94. The molecule has 17 heavy (non-hydrogen) atoms. The van der Waals surface area contributed by atoms with E-state index in [0.29, 0.717) is 18.5 Å². The zero-order valence-electron chi connectivity index (χ0n) is 11.4. The Kier molecular flexibility index (Phi) is 6.27. The third-order valence-electron chi connectivity index (χ3n) is 2.65. The van der Waals surface area contributed by atoms with Crippen LogP contribution in [-0.2, 0) is 9.47 Å². The molecule has 0 amide bonds. The Labute approximate surface area is 109 Å². The molecule has 0 aromatic heterocycles. The highest BCUT2D eigenvalue weighted by atomic mass is 32.2. The summed E-state index contributed by atoms with van der Waals surface area (Å²) in [6, 6.07) is 0. The van der Waals surface area contributed by atoms with Gasteiger partial charge >= 0.3 is 0 Å². The Bertz CT molecular complexity index is 215. The lowest BCUT2D eigenvalue weighted by molar-refractivity contribution is -0.199. The summed E-state index contributed by atoms with van der Waals surface area (Å²) in [4.78, 5) is 0. The van der Waals surface area contributed by atoms with Crippen LogP contribution in [0.5, 0.6) is 0 Å². The van der Waals surface area contributed by atoms with E-state index in [0.717, 1.165) is 19.3 Å². The van der Waals surface area contributed by atoms with Gasteiger partial charge in [-0.15, -0.1) is 11.8 Å². The average molecular weight is 262 g/mol. The first-order valence-corrected chi connectivity index (χ1v) is 7.41. The zero-order chi connectivity index (χ0) is 12.9. The third kappa shape index (κ3) is 5.60. The summed E-state index contributed by atoms with van der Waals surface area (Å²) in [6.45, 7) is 10.1. The van der Waals surface area contributed by atoms with Gasteiger partial charge < -0.3 is 14.6 Å². The van der Waals surface area contributed by atoms with E-state index in [1.807, 2.05) is 11.8 Å². The molecule has 1 aliphatic rings. The molecule has 1 aliphatic heterocycles. The Morgan fingerprint density at radius 3 is 2.71 bits per heavy atom.